The summed E-state index contributed by atoms with van der Waals surface area (Å²) in [7, 11) is 0. The largest absolute Gasteiger partial charge is 0.346 e. The summed E-state index contributed by atoms with van der Waals surface area (Å²) in [6.45, 7) is 8.86. The van der Waals surface area contributed by atoms with Crippen molar-refractivity contribution in [2.45, 2.75) is 83.6 Å². The van der Waals surface area contributed by atoms with Crippen molar-refractivity contribution in [3.63, 3.8) is 0 Å². The van der Waals surface area contributed by atoms with Crippen LogP contribution in [0.25, 0.3) is 0 Å². The van der Waals surface area contributed by atoms with Crippen molar-refractivity contribution in [3.05, 3.63) is 0 Å². The second-order valence-electron chi connectivity index (χ2n) is 7.85. The second-order valence-corrected chi connectivity index (χ2v) is 7.85. The Labute approximate surface area is 127 Å². The van der Waals surface area contributed by atoms with E-state index >= 15 is 0 Å². The van der Waals surface area contributed by atoms with Crippen LogP contribution in [0.1, 0.15) is 59.8 Å². The summed E-state index contributed by atoms with van der Waals surface area (Å²) in [6, 6.07) is 0. The van der Waals surface area contributed by atoms with Crippen molar-refractivity contribution in [3.8, 4) is 0 Å². The number of hydrogen-bond donors (Lipinski definition) is 0. The van der Waals surface area contributed by atoms with E-state index in [0.717, 1.165) is 19.3 Å². The first-order chi connectivity index (χ1) is 10.00. The fourth-order valence-corrected chi connectivity index (χ4v) is 5.45. The molecule has 5 rings (SSSR count). The van der Waals surface area contributed by atoms with Crippen LogP contribution in [0, 0.1) is 23.7 Å². The van der Waals surface area contributed by atoms with Gasteiger partial charge in [-0.15, -0.1) is 0 Å². The van der Waals surface area contributed by atoms with E-state index < -0.39 is 11.4 Å². The van der Waals surface area contributed by atoms with E-state index in [-0.39, 0.29) is 12.4 Å². The molecule has 0 N–H and O–H groups in total. The topological polar surface area (TPSA) is 36.9 Å². The van der Waals surface area contributed by atoms with Crippen molar-refractivity contribution in [1.29, 1.82) is 0 Å². The van der Waals surface area contributed by atoms with Crippen LogP contribution in [0.3, 0.4) is 0 Å². The molecule has 0 amide bonds. The predicted octanol–water partition coefficient (Wildman–Crippen LogP) is 3.65. The van der Waals surface area contributed by atoms with Crippen LogP contribution >= 0.6 is 0 Å². The van der Waals surface area contributed by atoms with E-state index in [1.807, 2.05) is 6.92 Å². The summed E-state index contributed by atoms with van der Waals surface area (Å²) >= 11 is 0. The molecule has 0 aromatic heterocycles. The number of rotatable bonds is 1. The third-order valence-electron chi connectivity index (χ3n) is 6.70. The highest BCUT2D eigenvalue weighted by Crippen LogP contribution is 2.60. The highest BCUT2D eigenvalue weighted by molar-refractivity contribution is 5.09. The van der Waals surface area contributed by atoms with E-state index in [9.17, 15) is 0 Å². The van der Waals surface area contributed by atoms with Crippen LogP contribution in [0.4, 0.5) is 0 Å². The Morgan fingerprint density at radius 3 is 2.62 bits per heavy atom. The lowest BCUT2D eigenvalue weighted by molar-refractivity contribution is -0.571. The molecule has 4 heteroatoms. The third-order valence-corrected chi connectivity index (χ3v) is 6.70. The molecule has 21 heavy (non-hydrogen) atoms. The molecule has 120 valence electrons. The van der Waals surface area contributed by atoms with Crippen molar-refractivity contribution in [2.75, 3.05) is 0 Å². The minimum atomic E-state index is -0.642. The molecule has 1 saturated carbocycles. The van der Waals surface area contributed by atoms with Crippen molar-refractivity contribution >= 4 is 0 Å². The minimum Gasteiger partial charge on any atom is -0.346 e. The molecule has 8 atom stereocenters. The molecule has 4 aliphatic heterocycles. The van der Waals surface area contributed by atoms with Gasteiger partial charge in [-0.3, -0.25) is 0 Å². The predicted molar refractivity (Wildman–Crippen MR) is 77.1 cm³/mol. The van der Waals surface area contributed by atoms with Gasteiger partial charge in [-0.25, -0.2) is 9.78 Å². The lowest BCUT2D eigenvalue weighted by Crippen LogP contribution is -2.70. The maximum absolute atomic E-state index is 6.38. The highest BCUT2D eigenvalue weighted by atomic mass is 17.3. The van der Waals surface area contributed by atoms with Gasteiger partial charge < -0.3 is 9.47 Å². The lowest BCUT2D eigenvalue weighted by atomic mass is 9.57. The molecule has 0 aromatic rings. The Morgan fingerprint density at radius 2 is 1.86 bits per heavy atom. The first-order valence-electron chi connectivity index (χ1n) is 8.70. The van der Waals surface area contributed by atoms with Gasteiger partial charge >= 0.3 is 0 Å². The van der Waals surface area contributed by atoms with Gasteiger partial charge in [0, 0.05) is 12.3 Å². The molecule has 5 fully saturated rings. The molecule has 0 radical (unpaired) electrons. The van der Waals surface area contributed by atoms with E-state index in [2.05, 4.69) is 20.8 Å². The molecule has 1 spiro atoms. The van der Waals surface area contributed by atoms with Crippen LogP contribution in [0.5, 0.6) is 0 Å². The zero-order chi connectivity index (χ0) is 14.8. The fourth-order valence-electron chi connectivity index (χ4n) is 5.45. The molecule has 0 aromatic carbocycles. The Hall–Kier alpha value is -0.160. The van der Waals surface area contributed by atoms with Gasteiger partial charge in [0.1, 0.15) is 0 Å². The molecule has 1 aliphatic carbocycles. The van der Waals surface area contributed by atoms with Gasteiger partial charge in [-0.1, -0.05) is 20.8 Å². The number of ether oxygens (including phenoxy) is 2. The Kier molecular flexibility index (Phi) is 3.21. The quantitative estimate of drug-likeness (QED) is 0.692. The van der Waals surface area contributed by atoms with Gasteiger partial charge in [0.2, 0.25) is 5.79 Å². The van der Waals surface area contributed by atoms with Crippen LogP contribution in [-0.2, 0) is 19.2 Å². The first-order valence-corrected chi connectivity index (χ1v) is 8.70. The van der Waals surface area contributed by atoms with Gasteiger partial charge in [-0.2, -0.15) is 0 Å². The van der Waals surface area contributed by atoms with E-state index in [1.165, 1.54) is 12.8 Å². The van der Waals surface area contributed by atoms with E-state index in [1.54, 1.807) is 0 Å². The smallest absolute Gasteiger partial charge is 0.201 e. The van der Waals surface area contributed by atoms with Crippen molar-refractivity contribution in [2.24, 2.45) is 23.7 Å². The van der Waals surface area contributed by atoms with Gasteiger partial charge in [0.25, 0.3) is 0 Å². The summed E-state index contributed by atoms with van der Waals surface area (Å²) in [4.78, 5) is 11.9. The van der Waals surface area contributed by atoms with Gasteiger partial charge in [0.05, 0.1) is 6.10 Å². The van der Waals surface area contributed by atoms with Crippen LogP contribution in [-0.4, -0.2) is 23.8 Å². The maximum atomic E-state index is 6.38. The summed E-state index contributed by atoms with van der Waals surface area (Å²) in [5, 5.41) is 0. The molecule has 4 heterocycles. The minimum absolute atomic E-state index is 0.266. The second kappa shape index (κ2) is 4.67. The zero-order valence-electron chi connectivity index (χ0n) is 13.6. The summed E-state index contributed by atoms with van der Waals surface area (Å²) in [5.74, 6) is 1.45. The summed E-state index contributed by atoms with van der Waals surface area (Å²) in [5.41, 5.74) is -0.390. The average Bonchev–Trinajstić information content (AvgIpc) is 2.69. The lowest BCUT2D eigenvalue weighted by Gasteiger charge is -2.60. The Morgan fingerprint density at radius 1 is 1.05 bits per heavy atom. The fraction of sp³-hybridized carbons (Fsp3) is 1.00. The molecule has 5 aliphatic rings. The number of fused-ring (bicyclic) bond motifs is 2. The standard InChI is InChI=1S/C17H28O4/c1-5-14-11(3)13-7-6-10(2)12-8-9-16(4)19-15(18-14)17(12,13)21-20-16/h10-15H,5-9H2,1-4H3/t10-,11-,12+,13+,14-,15-,16?,17-/m1/s1. The first kappa shape index (κ1) is 14.4. The molecular formula is C17H28O4. The summed E-state index contributed by atoms with van der Waals surface area (Å²) in [6.07, 6.45) is 5.51. The highest BCUT2D eigenvalue weighted by Gasteiger charge is 2.69. The average molecular weight is 296 g/mol. The molecule has 2 bridgehead atoms. The third kappa shape index (κ3) is 1.82. The Balaban J connectivity index is 1.79. The van der Waals surface area contributed by atoms with Gasteiger partial charge in [0.15, 0.2) is 11.9 Å². The molecular weight excluding hydrogens is 268 g/mol. The van der Waals surface area contributed by atoms with Crippen LogP contribution in [0.15, 0.2) is 0 Å². The Bertz CT molecular complexity index is 427. The number of hydrogen-bond acceptors (Lipinski definition) is 4. The van der Waals surface area contributed by atoms with E-state index in [0.29, 0.717) is 23.7 Å². The maximum Gasteiger partial charge on any atom is 0.201 e. The normalized spacial score (nSPS) is 59.4. The van der Waals surface area contributed by atoms with Crippen LogP contribution in [0.2, 0.25) is 0 Å². The molecule has 4 saturated heterocycles. The molecule has 4 nitrogen and oxygen atoms in total. The van der Waals surface area contributed by atoms with Crippen molar-refractivity contribution < 1.29 is 19.2 Å². The summed E-state index contributed by atoms with van der Waals surface area (Å²) < 4.78 is 12.7. The van der Waals surface area contributed by atoms with Crippen LogP contribution < -0.4 is 0 Å². The van der Waals surface area contributed by atoms with E-state index in [4.69, 9.17) is 19.2 Å². The molecule has 1 unspecified atom stereocenters. The van der Waals surface area contributed by atoms with Crippen molar-refractivity contribution in [1.82, 2.24) is 0 Å². The van der Waals surface area contributed by atoms with Gasteiger partial charge in [-0.05, 0) is 50.4 Å². The zero-order valence-corrected chi connectivity index (χ0v) is 13.6. The monoisotopic (exact) mass is 296 g/mol. The SMILES string of the molecule is CC[C@H]1O[C@@H]2OC3(C)CC[C@H]4[C@H](C)CC[C@@H]([C@H]1C)[C@@]24OO3.